The molecule has 3 nitrogen and oxygen atoms in total. The van der Waals surface area contributed by atoms with Crippen molar-refractivity contribution in [3.8, 4) is 0 Å². The summed E-state index contributed by atoms with van der Waals surface area (Å²) >= 11 is 0. The Morgan fingerprint density at radius 2 is 1.82 bits per heavy atom. The molecule has 1 saturated carbocycles. The summed E-state index contributed by atoms with van der Waals surface area (Å²) in [5.74, 6) is 1.53. The van der Waals surface area contributed by atoms with Crippen LogP contribution in [0.4, 0.5) is 0 Å². The SMILES string of the molecule is CC1CC(C)(C)CCC1NC(=O)CC1CC2CCC(C1)N2.Cl. The van der Waals surface area contributed by atoms with Crippen LogP contribution in [0, 0.1) is 17.3 Å². The smallest absolute Gasteiger partial charge is 0.220 e. The molecule has 0 aromatic rings. The van der Waals surface area contributed by atoms with Crippen LogP contribution in [-0.2, 0) is 4.79 Å². The van der Waals surface area contributed by atoms with E-state index in [9.17, 15) is 4.79 Å². The van der Waals surface area contributed by atoms with Gasteiger partial charge in [0.05, 0.1) is 0 Å². The number of halogens is 1. The minimum absolute atomic E-state index is 0. The Labute approximate surface area is 141 Å². The predicted octanol–water partition coefficient (Wildman–Crippen LogP) is 3.66. The molecule has 1 aliphatic carbocycles. The van der Waals surface area contributed by atoms with Gasteiger partial charge in [0.2, 0.25) is 5.91 Å². The zero-order chi connectivity index (χ0) is 15.0. The number of amides is 1. The van der Waals surface area contributed by atoms with Crippen LogP contribution in [0.5, 0.6) is 0 Å². The van der Waals surface area contributed by atoms with Crippen molar-refractivity contribution >= 4 is 18.3 Å². The van der Waals surface area contributed by atoms with Gasteiger partial charge in [-0.1, -0.05) is 20.8 Å². The van der Waals surface area contributed by atoms with Gasteiger partial charge in [0.15, 0.2) is 0 Å². The lowest BCUT2D eigenvalue weighted by atomic mass is 9.70. The first kappa shape index (κ1) is 18.1. The van der Waals surface area contributed by atoms with E-state index < -0.39 is 0 Å². The monoisotopic (exact) mass is 328 g/mol. The lowest BCUT2D eigenvalue weighted by molar-refractivity contribution is -0.123. The zero-order valence-corrected chi connectivity index (χ0v) is 15.2. The van der Waals surface area contributed by atoms with Crippen LogP contribution in [0.1, 0.15) is 72.1 Å². The van der Waals surface area contributed by atoms with Gasteiger partial charge >= 0.3 is 0 Å². The molecule has 2 N–H and O–H groups in total. The Morgan fingerprint density at radius 1 is 1.18 bits per heavy atom. The largest absolute Gasteiger partial charge is 0.353 e. The summed E-state index contributed by atoms with van der Waals surface area (Å²) < 4.78 is 0. The van der Waals surface area contributed by atoms with Gasteiger partial charge in [-0.2, -0.15) is 0 Å². The Kier molecular flexibility index (Phi) is 5.82. The van der Waals surface area contributed by atoms with Crippen LogP contribution < -0.4 is 10.6 Å². The molecule has 4 unspecified atom stereocenters. The van der Waals surface area contributed by atoms with Gasteiger partial charge in [0.1, 0.15) is 0 Å². The van der Waals surface area contributed by atoms with Crippen LogP contribution in [0.25, 0.3) is 0 Å². The van der Waals surface area contributed by atoms with E-state index in [4.69, 9.17) is 0 Å². The van der Waals surface area contributed by atoms with E-state index in [2.05, 4.69) is 31.4 Å². The number of hydrogen-bond donors (Lipinski definition) is 2. The summed E-state index contributed by atoms with van der Waals surface area (Å²) in [6.07, 6.45) is 9.41. The highest BCUT2D eigenvalue weighted by Gasteiger charge is 2.36. The van der Waals surface area contributed by atoms with Crippen molar-refractivity contribution in [1.82, 2.24) is 10.6 Å². The van der Waals surface area contributed by atoms with Crippen LogP contribution in [-0.4, -0.2) is 24.0 Å². The fourth-order valence-corrected chi connectivity index (χ4v) is 5.03. The Hall–Kier alpha value is -0.280. The fraction of sp³-hybridized carbons (Fsp3) is 0.944. The summed E-state index contributed by atoms with van der Waals surface area (Å²) in [4.78, 5) is 12.4. The number of carbonyl (C=O) groups is 1. The molecule has 0 radical (unpaired) electrons. The van der Waals surface area contributed by atoms with E-state index >= 15 is 0 Å². The standard InChI is InChI=1S/C18H32N2O.ClH/c1-12-11-18(2,3)7-6-16(12)20-17(21)10-13-8-14-4-5-15(9-13)19-14;/h12-16,19H,4-11H2,1-3H3,(H,20,21);1H. The maximum atomic E-state index is 12.4. The first-order chi connectivity index (χ1) is 9.91. The minimum atomic E-state index is 0. The van der Waals surface area contributed by atoms with E-state index in [-0.39, 0.29) is 12.4 Å². The van der Waals surface area contributed by atoms with Crippen LogP contribution in [0.15, 0.2) is 0 Å². The first-order valence-corrected chi connectivity index (χ1v) is 8.97. The maximum Gasteiger partial charge on any atom is 0.220 e. The highest BCUT2D eigenvalue weighted by Crippen LogP contribution is 2.38. The third kappa shape index (κ3) is 4.38. The van der Waals surface area contributed by atoms with E-state index in [1.807, 2.05) is 0 Å². The summed E-state index contributed by atoms with van der Waals surface area (Å²) in [5, 5.41) is 7.00. The molecule has 2 saturated heterocycles. The second kappa shape index (κ2) is 7.09. The number of piperidine rings is 1. The van der Waals surface area contributed by atoms with Crippen molar-refractivity contribution in [2.24, 2.45) is 17.3 Å². The van der Waals surface area contributed by atoms with Crippen molar-refractivity contribution in [3.63, 3.8) is 0 Å². The van der Waals surface area contributed by atoms with Crippen LogP contribution in [0.3, 0.4) is 0 Å². The van der Waals surface area contributed by atoms with Gasteiger partial charge in [-0.3, -0.25) is 4.79 Å². The number of fused-ring (bicyclic) bond motifs is 2. The molecule has 0 spiro atoms. The highest BCUT2D eigenvalue weighted by molar-refractivity contribution is 5.85. The predicted molar refractivity (Wildman–Crippen MR) is 93.3 cm³/mol. The summed E-state index contributed by atoms with van der Waals surface area (Å²) in [5.41, 5.74) is 0.453. The van der Waals surface area contributed by atoms with Gasteiger partial charge in [0.25, 0.3) is 0 Å². The molecule has 3 fully saturated rings. The molecular weight excluding hydrogens is 296 g/mol. The molecular formula is C18H33ClN2O. The quantitative estimate of drug-likeness (QED) is 0.830. The molecule has 4 atom stereocenters. The number of carbonyl (C=O) groups excluding carboxylic acids is 1. The molecule has 2 bridgehead atoms. The zero-order valence-electron chi connectivity index (χ0n) is 14.4. The van der Waals surface area contributed by atoms with Crippen molar-refractivity contribution in [2.45, 2.75) is 90.3 Å². The summed E-state index contributed by atoms with van der Waals surface area (Å²) in [6.45, 7) is 7.01. The first-order valence-electron chi connectivity index (χ1n) is 8.97. The van der Waals surface area contributed by atoms with Gasteiger partial charge in [-0.15, -0.1) is 12.4 Å². The minimum Gasteiger partial charge on any atom is -0.353 e. The van der Waals surface area contributed by atoms with E-state index in [1.54, 1.807) is 0 Å². The second-order valence-electron chi connectivity index (χ2n) is 8.74. The number of nitrogens with one attached hydrogen (secondary N) is 2. The van der Waals surface area contributed by atoms with Crippen LogP contribution in [0.2, 0.25) is 0 Å². The molecule has 2 aliphatic heterocycles. The second-order valence-corrected chi connectivity index (χ2v) is 8.74. The lowest BCUT2D eigenvalue weighted by Crippen LogP contribution is -2.46. The topological polar surface area (TPSA) is 41.1 Å². The molecule has 0 aromatic heterocycles. The third-order valence-electron chi connectivity index (χ3n) is 6.08. The molecule has 1 amide bonds. The third-order valence-corrected chi connectivity index (χ3v) is 6.08. The van der Waals surface area contributed by atoms with Crippen molar-refractivity contribution in [1.29, 1.82) is 0 Å². The molecule has 2 heterocycles. The van der Waals surface area contributed by atoms with Gasteiger partial charge < -0.3 is 10.6 Å². The summed E-state index contributed by atoms with van der Waals surface area (Å²) in [6, 6.07) is 1.79. The molecule has 3 rings (SSSR count). The highest BCUT2D eigenvalue weighted by atomic mass is 35.5. The van der Waals surface area contributed by atoms with Gasteiger partial charge in [-0.25, -0.2) is 0 Å². The van der Waals surface area contributed by atoms with E-state index in [1.165, 1.54) is 38.5 Å². The normalized spacial score (nSPS) is 39.9. The number of rotatable bonds is 3. The van der Waals surface area contributed by atoms with Crippen molar-refractivity contribution in [3.05, 3.63) is 0 Å². The molecule has 4 heteroatoms. The van der Waals surface area contributed by atoms with Crippen molar-refractivity contribution < 1.29 is 4.79 Å². The van der Waals surface area contributed by atoms with E-state index in [0.717, 1.165) is 12.8 Å². The molecule has 22 heavy (non-hydrogen) atoms. The Balaban J connectivity index is 0.00000176. The molecule has 3 aliphatic rings. The molecule has 128 valence electrons. The number of hydrogen-bond acceptors (Lipinski definition) is 2. The van der Waals surface area contributed by atoms with Gasteiger partial charge in [0, 0.05) is 24.5 Å². The fourth-order valence-electron chi connectivity index (χ4n) is 5.03. The van der Waals surface area contributed by atoms with E-state index in [0.29, 0.717) is 41.3 Å². The average molecular weight is 329 g/mol. The average Bonchev–Trinajstić information content (AvgIpc) is 2.72. The Morgan fingerprint density at radius 3 is 2.41 bits per heavy atom. The maximum absolute atomic E-state index is 12.4. The molecule has 0 aromatic carbocycles. The van der Waals surface area contributed by atoms with Gasteiger partial charge in [-0.05, 0) is 62.2 Å². The lowest BCUT2D eigenvalue weighted by Gasteiger charge is -2.39. The Bertz CT molecular complexity index is 387. The van der Waals surface area contributed by atoms with Crippen LogP contribution >= 0.6 is 12.4 Å². The van der Waals surface area contributed by atoms with Crippen molar-refractivity contribution in [2.75, 3.05) is 0 Å². The summed E-state index contributed by atoms with van der Waals surface area (Å²) in [7, 11) is 0.